The van der Waals surface area contributed by atoms with Crippen molar-refractivity contribution in [3.8, 4) is 11.5 Å². The summed E-state index contributed by atoms with van der Waals surface area (Å²) >= 11 is 11.0. The predicted octanol–water partition coefficient (Wildman–Crippen LogP) is 7.42. The van der Waals surface area contributed by atoms with Crippen LogP contribution in [0.2, 0.25) is 5.02 Å². The van der Waals surface area contributed by atoms with E-state index in [1.165, 1.54) is 23.9 Å². The normalized spacial score (nSPS) is 15.5. The van der Waals surface area contributed by atoms with Crippen molar-refractivity contribution in [2.75, 3.05) is 6.61 Å². The van der Waals surface area contributed by atoms with Crippen LogP contribution in [0.4, 0.5) is 10.1 Å². The van der Waals surface area contributed by atoms with E-state index in [4.69, 9.17) is 21.1 Å². The number of carbonyl (C=O) groups is 1. The number of nitrogens with one attached hydrogen (secondary N) is 1. The molecule has 0 saturated carbocycles. The fraction of sp³-hybridized carbons (Fsp3) is 0.154. The van der Waals surface area contributed by atoms with E-state index in [1.807, 2.05) is 38.1 Å². The minimum absolute atomic E-state index is 0.237. The van der Waals surface area contributed by atoms with Crippen LogP contribution in [0, 0.1) is 12.7 Å². The third-order valence-corrected chi connectivity index (χ3v) is 6.95. The van der Waals surface area contributed by atoms with Gasteiger partial charge in [-0.3, -0.25) is 4.79 Å². The number of ether oxygens (including phenoxy) is 2. The molecule has 3 aromatic rings. The second-order valence-electron chi connectivity index (χ2n) is 7.54. The van der Waals surface area contributed by atoms with Gasteiger partial charge in [0.15, 0.2) is 16.7 Å². The Labute approximate surface area is 220 Å². The minimum Gasteiger partial charge on any atom is -0.490 e. The predicted molar refractivity (Wildman–Crippen MR) is 143 cm³/mol. The van der Waals surface area contributed by atoms with Crippen molar-refractivity contribution in [1.82, 2.24) is 5.32 Å². The summed E-state index contributed by atoms with van der Waals surface area (Å²) in [6.07, 6.45) is 1.77. The lowest BCUT2D eigenvalue weighted by molar-refractivity contribution is -0.115. The molecule has 0 spiro atoms. The van der Waals surface area contributed by atoms with Crippen molar-refractivity contribution in [1.29, 1.82) is 0 Å². The van der Waals surface area contributed by atoms with Gasteiger partial charge in [-0.25, -0.2) is 9.38 Å². The zero-order valence-electron chi connectivity index (χ0n) is 18.9. The van der Waals surface area contributed by atoms with Gasteiger partial charge in [0.25, 0.3) is 5.91 Å². The molecule has 1 N–H and O–H groups in total. The highest BCUT2D eigenvalue weighted by atomic mass is 79.9. The molecule has 1 amide bonds. The number of carbonyl (C=O) groups excluding carboxylic acids is 1. The van der Waals surface area contributed by atoms with Gasteiger partial charge in [0.2, 0.25) is 0 Å². The molecule has 4 rings (SSSR count). The average Bonchev–Trinajstić information content (AvgIpc) is 3.16. The SMILES string of the molecule is CCOc1cc(/C=C2/SC(=Nc3cccc(Cl)c3C)NC2=O)cc(Br)c1OCc1ccc(F)cc1. The van der Waals surface area contributed by atoms with Gasteiger partial charge in [0.1, 0.15) is 12.4 Å². The lowest BCUT2D eigenvalue weighted by Gasteiger charge is -2.15. The van der Waals surface area contributed by atoms with Crippen LogP contribution in [-0.2, 0) is 11.4 Å². The van der Waals surface area contributed by atoms with Gasteiger partial charge in [-0.15, -0.1) is 0 Å². The van der Waals surface area contributed by atoms with E-state index in [0.717, 1.165) is 16.7 Å². The number of hydrogen-bond donors (Lipinski definition) is 1. The van der Waals surface area contributed by atoms with Crippen molar-refractivity contribution in [2.45, 2.75) is 20.5 Å². The van der Waals surface area contributed by atoms with E-state index in [1.54, 1.807) is 24.3 Å². The maximum absolute atomic E-state index is 13.2. The van der Waals surface area contributed by atoms with Crippen molar-refractivity contribution < 1.29 is 18.7 Å². The Bertz CT molecular complexity index is 1330. The van der Waals surface area contributed by atoms with Gasteiger partial charge >= 0.3 is 0 Å². The minimum atomic E-state index is -0.299. The maximum Gasteiger partial charge on any atom is 0.264 e. The number of amidine groups is 1. The molecule has 0 aliphatic carbocycles. The number of nitrogens with zero attached hydrogens (tertiary/aromatic N) is 1. The number of rotatable bonds is 7. The van der Waals surface area contributed by atoms with Gasteiger partial charge in [0.05, 0.1) is 21.7 Å². The molecule has 0 aromatic heterocycles. The summed E-state index contributed by atoms with van der Waals surface area (Å²) in [7, 11) is 0. The van der Waals surface area contributed by atoms with Crippen LogP contribution in [0.25, 0.3) is 6.08 Å². The zero-order valence-corrected chi connectivity index (χ0v) is 22.1. The number of hydrogen-bond acceptors (Lipinski definition) is 5. The standard InChI is InChI=1S/C26H21BrClFN2O3S/c1-3-33-22-12-17(11-19(27)24(22)34-14-16-7-9-18(29)10-8-16)13-23-25(32)31-26(35-23)30-21-6-4-5-20(28)15(21)2/h4-13H,3,14H2,1-2H3,(H,30,31,32)/b23-13+. The molecule has 3 aromatic carbocycles. The number of benzene rings is 3. The Morgan fingerprint density at radius 2 is 1.94 bits per heavy atom. The average molecular weight is 576 g/mol. The molecule has 0 radical (unpaired) electrons. The van der Waals surface area contributed by atoms with E-state index in [-0.39, 0.29) is 18.3 Å². The van der Waals surface area contributed by atoms with E-state index < -0.39 is 0 Å². The van der Waals surface area contributed by atoms with Crippen molar-refractivity contribution >= 4 is 62.1 Å². The first-order chi connectivity index (χ1) is 16.8. The fourth-order valence-electron chi connectivity index (χ4n) is 3.27. The smallest absolute Gasteiger partial charge is 0.264 e. The number of amides is 1. The third kappa shape index (κ3) is 6.25. The molecule has 35 heavy (non-hydrogen) atoms. The fourth-order valence-corrected chi connectivity index (χ4v) is 4.85. The highest BCUT2D eigenvalue weighted by Crippen LogP contribution is 2.39. The lowest BCUT2D eigenvalue weighted by Crippen LogP contribution is -2.19. The van der Waals surface area contributed by atoms with Crippen LogP contribution in [0.3, 0.4) is 0 Å². The third-order valence-electron chi connectivity index (χ3n) is 5.04. The van der Waals surface area contributed by atoms with Crippen LogP contribution in [0.15, 0.2) is 69.0 Å². The summed E-state index contributed by atoms with van der Waals surface area (Å²) in [6, 6.07) is 15.2. The van der Waals surface area contributed by atoms with Gasteiger partial charge in [-0.05, 0) is 101 Å². The Kier molecular flexibility index (Phi) is 8.15. The van der Waals surface area contributed by atoms with Crippen molar-refractivity contribution in [3.05, 3.63) is 91.5 Å². The van der Waals surface area contributed by atoms with Gasteiger partial charge in [-0.2, -0.15) is 0 Å². The molecule has 9 heteroatoms. The van der Waals surface area contributed by atoms with Crippen LogP contribution in [-0.4, -0.2) is 17.7 Å². The van der Waals surface area contributed by atoms with E-state index >= 15 is 0 Å². The molecule has 1 aliphatic rings. The Morgan fingerprint density at radius 3 is 2.69 bits per heavy atom. The van der Waals surface area contributed by atoms with Crippen molar-refractivity contribution in [3.63, 3.8) is 0 Å². The zero-order chi connectivity index (χ0) is 24.9. The highest BCUT2D eigenvalue weighted by Gasteiger charge is 2.24. The molecule has 1 fully saturated rings. The van der Waals surface area contributed by atoms with Crippen LogP contribution in [0.1, 0.15) is 23.6 Å². The summed E-state index contributed by atoms with van der Waals surface area (Å²) in [6.45, 7) is 4.45. The molecular weight excluding hydrogens is 555 g/mol. The molecule has 1 aliphatic heterocycles. The largest absolute Gasteiger partial charge is 0.490 e. The van der Waals surface area contributed by atoms with E-state index in [0.29, 0.717) is 43.4 Å². The number of thioether (sulfide) groups is 1. The summed E-state index contributed by atoms with van der Waals surface area (Å²) in [5.74, 6) is 0.523. The summed E-state index contributed by atoms with van der Waals surface area (Å²) in [5, 5.41) is 3.89. The van der Waals surface area contributed by atoms with Crippen LogP contribution < -0.4 is 14.8 Å². The monoisotopic (exact) mass is 574 g/mol. The topological polar surface area (TPSA) is 59.9 Å². The van der Waals surface area contributed by atoms with Crippen LogP contribution >= 0.6 is 39.3 Å². The van der Waals surface area contributed by atoms with Gasteiger partial charge in [0, 0.05) is 5.02 Å². The van der Waals surface area contributed by atoms with E-state index in [9.17, 15) is 9.18 Å². The highest BCUT2D eigenvalue weighted by molar-refractivity contribution is 9.10. The molecular formula is C26H21BrClFN2O3S. The second-order valence-corrected chi connectivity index (χ2v) is 9.84. The quantitative estimate of drug-likeness (QED) is 0.298. The van der Waals surface area contributed by atoms with Crippen LogP contribution in [0.5, 0.6) is 11.5 Å². The van der Waals surface area contributed by atoms with E-state index in [2.05, 4.69) is 26.2 Å². The first kappa shape index (κ1) is 25.3. The molecule has 1 heterocycles. The maximum atomic E-state index is 13.2. The second kappa shape index (κ2) is 11.3. The molecule has 180 valence electrons. The summed E-state index contributed by atoms with van der Waals surface area (Å²) in [5.41, 5.74) is 3.13. The Balaban J connectivity index is 1.56. The van der Waals surface area contributed by atoms with Crippen molar-refractivity contribution in [2.24, 2.45) is 4.99 Å². The first-order valence-corrected chi connectivity index (χ1v) is 12.7. The van der Waals surface area contributed by atoms with Gasteiger partial charge < -0.3 is 14.8 Å². The lowest BCUT2D eigenvalue weighted by atomic mass is 10.1. The molecule has 0 unspecified atom stereocenters. The summed E-state index contributed by atoms with van der Waals surface area (Å²) in [4.78, 5) is 17.6. The molecule has 0 atom stereocenters. The molecule has 1 saturated heterocycles. The number of halogens is 3. The Hall–Kier alpha value is -2.81. The number of aliphatic imine (C=N–C) groups is 1. The Morgan fingerprint density at radius 1 is 1.17 bits per heavy atom. The first-order valence-electron chi connectivity index (χ1n) is 10.7. The van der Waals surface area contributed by atoms with Gasteiger partial charge in [-0.1, -0.05) is 29.8 Å². The molecule has 0 bridgehead atoms. The summed E-state index contributed by atoms with van der Waals surface area (Å²) < 4.78 is 25.6. The molecule has 5 nitrogen and oxygen atoms in total.